The first-order chi connectivity index (χ1) is 5.85. The molecule has 72 valence electrons. The highest BCUT2D eigenvalue weighted by atomic mass is 16.5. The molecule has 0 radical (unpaired) electrons. The number of carbonyl (C=O) groups excluding carboxylic acids is 1. The Morgan fingerprint density at radius 3 is 2.17 bits per heavy atom. The van der Waals surface area contributed by atoms with Gasteiger partial charge in [-0.05, 0) is 12.3 Å². The molecule has 0 aromatic rings. The van der Waals surface area contributed by atoms with Gasteiger partial charge in [0.15, 0.2) is 0 Å². The smallest absolute Gasteiger partial charge is 0.293 e. The van der Waals surface area contributed by atoms with E-state index in [2.05, 4.69) is 18.6 Å². The summed E-state index contributed by atoms with van der Waals surface area (Å²) in [5.41, 5.74) is 0. The van der Waals surface area contributed by atoms with Crippen LogP contribution in [0.2, 0.25) is 0 Å². The fourth-order valence-electron chi connectivity index (χ4n) is 1.53. The summed E-state index contributed by atoms with van der Waals surface area (Å²) in [4.78, 5) is 9.88. The highest BCUT2D eigenvalue weighted by Gasteiger charge is 2.05. The standard InChI is InChI=1S/C10H20O2/c1-3-5-10(6-4-2)7-8-12-9-11/h9-10H,3-8H2,1-2H3. The van der Waals surface area contributed by atoms with Gasteiger partial charge in [0.25, 0.3) is 6.47 Å². The molecule has 0 spiro atoms. The molecule has 0 aliphatic carbocycles. The molecule has 0 N–H and O–H groups in total. The molecule has 0 aliphatic rings. The van der Waals surface area contributed by atoms with E-state index in [0.717, 1.165) is 12.3 Å². The fourth-order valence-corrected chi connectivity index (χ4v) is 1.53. The van der Waals surface area contributed by atoms with E-state index in [-0.39, 0.29) is 0 Å². The quantitative estimate of drug-likeness (QED) is 0.415. The van der Waals surface area contributed by atoms with Gasteiger partial charge in [-0.25, -0.2) is 0 Å². The SMILES string of the molecule is CCCC(CCC)CCOC=O. The van der Waals surface area contributed by atoms with E-state index in [1.165, 1.54) is 25.7 Å². The maximum Gasteiger partial charge on any atom is 0.293 e. The van der Waals surface area contributed by atoms with Crippen molar-refractivity contribution in [3.63, 3.8) is 0 Å². The Hall–Kier alpha value is -0.530. The second-order valence-electron chi connectivity index (χ2n) is 3.20. The summed E-state index contributed by atoms with van der Waals surface area (Å²) in [6.45, 7) is 5.52. The lowest BCUT2D eigenvalue weighted by molar-refractivity contribution is -0.129. The van der Waals surface area contributed by atoms with Crippen molar-refractivity contribution in [2.24, 2.45) is 5.92 Å². The molecule has 0 saturated carbocycles. The molecule has 0 atom stereocenters. The van der Waals surface area contributed by atoms with E-state index < -0.39 is 0 Å². The van der Waals surface area contributed by atoms with E-state index in [1.54, 1.807) is 0 Å². The molecule has 2 nitrogen and oxygen atoms in total. The van der Waals surface area contributed by atoms with E-state index in [1.807, 2.05) is 0 Å². The highest BCUT2D eigenvalue weighted by molar-refractivity contribution is 5.36. The highest BCUT2D eigenvalue weighted by Crippen LogP contribution is 2.16. The van der Waals surface area contributed by atoms with Crippen LogP contribution in [0.15, 0.2) is 0 Å². The molecule has 0 saturated heterocycles. The minimum Gasteiger partial charge on any atom is -0.468 e. The van der Waals surface area contributed by atoms with Gasteiger partial charge in [-0.15, -0.1) is 0 Å². The maximum atomic E-state index is 9.88. The zero-order chi connectivity index (χ0) is 9.23. The van der Waals surface area contributed by atoms with Gasteiger partial charge in [0.1, 0.15) is 0 Å². The number of ether oxygens (including phenoxy) is 1. The second kappa shape index (κ2) is 8.57. The summed E-state index contributed by atoms with van der Waals surface area (Å²) in [7, 11) is 0. The normalized spacial score (nSPS) is 10.2. The van der Waals surface area contributed by atoms with Gasteiger partial charge in [-0.3, -0.25) is 4.79 Å². The second-order valence-corrected chi connectivity index (χ2v) is 3.20. The van der Waals surface area contributed by atoms with Crippen molar-refractivity contribution >= 4 is 6.47 Å². The Labute approximate surface area is 75.3 Å². The first kappa shape index (κ1) is 11.5. The van der Waals surface area contributed by atoms with Gasteiger partial charge in [-0.2, -0.15) is 0 Å². The number of hydrogen-bond donors (Lipinski definition) is 0. The Balaban J connectivity index is 3.40. The Kier molecular flexibility index (Phi) is 8.19. The van der Waals surface area contributed by atoms with Gasteiger partial charge < -0.3 is 4.74 Å². The Morgan fingerprint density at radius 1 is 1.17 bits per heavy atom. The summed E-state index contributed by atoms with van der Waals surface area (Å²) in [6.07, 6.45) is 6.00. The largest absolute Gasteiger partial charge is 0.468 e. The first-order valence-electron chi connectivity index (χ1n) is 4.90. The topological polar surface area (TPSA) is 26.3 Å². The lowest BCUT2D eigenvalue weighted by Crippen LogP contribution is -2.04. The van der Waals surface area contributed by atoms with Gasteiger partial charge in [0.05, 0.1) is 6.61 Å². The fraction of sp³-hybridized carbons (Fsp3) is 0.900. The molecule has 0 aromatic heterocycles. The average Bonchev–Trinajstić information content (AvgIpc) is 2.06. The van der Waals surface area contributed by atoms with Crippen LogP contribution in [0.1, 0.15) is 46.0 Å². The third-order valence-corrected chi connectivity index (χ3v) is 2.11. The molecular formula is C10H20O2. The van der Waals surface area contributed by atoms with Crippen LogP contribution in [0.5, 0.6) is 0 Å². The lowest BCUT2D eigenvalue weighted by atomic mass is 9.95. The zero-order valence-electron chi connectivity index (χ0n) is 8.21. The minimum absolute atomic E-state index is 0.537. The zero-order valence-corrected chi connectivity index (χ0v) is 8.21. The molecule has 0 unspecified atom stereocenters. The predicted octanol–water partition coefficient (Wildman–Crippen LogP) is 2.77. The van der Waals surface area contributed by atoms with Crippen LogP contribution in [0.3, 0.4) is 0 Å². The van der Waals surface area contributed by atoms with Crippen molar-refractivity contribution in [2.45, 2.75) is 46.0 Å². The molecule has 0 aromatic carbocycles. The average molecular weight is 172 g/mol. The van der Waals surface area contributed by atoms with E-state index in [4.69, 9.17) is 0 Å². The van der Waals surface area contributed by atoms with Crippen LogP contribution in [-0.2, 0) is 9.53 Å². The molecule has 0 aliphatic heterocycles. The molecule has 0 rings (SSSR count). The lowest BCUT2D eigenvalue weighted by Gasteiger charge is -2.13. The molecule has 12 heavy (non-hydrogen) atoms. The summed E-state index contributed by atoms with van der Waals surface area (Å²) in [5.74, 6) is 0.750. The third kappa shape index (κ3) is 6.20. The van der Waals surface area contributed by atoms with Crippen molar-refractivity contribution in [1.82, 2.24) is 0 Å². The minimum atomic E-state index is 0.537. The summed E-state index contributed by atoms with van der Waals surface area (Å²) < 4.78 is 4.68. The molecule has 0 amide bonds. The molecular weight excluding hydrogens is 152 g/mol. The first-order valence-corrected chi connectivity index (χ1v) is 4.90. The number of carbonyl (C=O) groups is 1. The van der Waals surface area contributed by atoms with Crippen LogP contribution in [-0.4, -0.2) is 13.1 Å². The maximum absolute atomic E-state index is 9.88. The van der Waals surface area contributed by atoms with Crippen molar-refractivity contribution in [1.29, 1.82) is 0 Å². The van der Waals surface area contributed by atoms with Gasteiger partial charge in [-0.1, -0.05) is 39.5 Å². The van der Waals surface area contributed by atoms with Crippen molar-refractivity contribution in [3.8, 4) is 0 Å². The van der Waals surface area contributed by atoms with Gasteiger partial charge in [0, 0.05) is 0 Å². The molecule has 0 bridgehead atoms. The van der Waals surface area contributed by atoms with Crippen LogP contribution in [0, 0.1) is 5.92 Å². The van der Waals surface area contributed by atoms with Crippen molar-refractivity contribution < 1.29 is 9.53 Å². The van der Waals surface area contributed by atoms with Crippen LogP contribution < -0.4 is 0 Å². The van der Waals surface area contributed by atoms with Gasteiger partial charge >= 0.3 is 0 Å². The van der Waals surface area contributed by atoms with Crippen LogP contribution in [0.4, 0.5) is 0 Å². The number of hydrogen-bond acceptors (Lipinski definition) is 2. The van der Waals surface area contributed by atoms with E-state index in [9.17, 15) is 4.79 Å². The Morgan fingerprint density at radius 2 is 1.75 bits per heavy atom. The van der Waals surface area contributed by atoms with Crippen molar-refractivity contribution in [3.05, 3.63) is 0 Å². The summed E-state index contributed by atoms with van der Waals surface area (Å²) in [5, 5.41) is 0. The van der Waals surface area contributed by atoms with E-state index in [0.29, 0.717) is 13.1 Å². The van der Waals surface area contributed by atoms with Crippen molar-refractivity contribution in [2.75, 3.05) is 6.61 Å². The molecule has 0 fully saturated rings. The van der Waals surface area contributed by atoms with Crippen LogP contribution in [0.25, 0.3) is 0 Å². The molecule has 2 heteroatoms. The monoisotopic (exact) mass is 172 g/mol. The third-order valence-electron chi connectivity index (χ3n) is 2.11. The Bertz CT molecular complexity index is 96.0. The molecule has 0 heterocycles. The van der Waals surface area contributed by atoms with Gasteiger partial charge in [0.2, 0.25) is 0 Å². The van der Waals surface area contributed by atoms with Crippen LogP contribution >= 0.6 is 0 Å². The predicted molar refractivity (Wildman–Crippen MR) is 49.9 cm³/mol. The van der Waals surface area contributed by atoms with E-state index >= 15 is 0 Å². The summed E-state index contributed by atoms with van der Waals surface area (Å²) in [6, 6.07) is 0. The summed E-state index contributed by atoms with van der Waals surface area (Å²) >= 11 is 0. The number of rotatable bonds is 8.